The normalized spacial score (nSPS) is 14.3. The van der Waals surface area contributed by atoms with Crippen LogP contribution in [0.2, 0.25) is 0 Å². The lowest BCUT2D eigenvalue weighted by Crippen LogP contribution is -2.05. The van der Waals surface area contributed by atoms with Gasteiger partial charge in [-0.15, -0.1) is 0 Å². The fourth-order valence-corrected chi connectivity index (χ4v) is 2.93. The third-order valence-electron chi connectivity index (χ3n) is 4.38. The topological polar surface area (TPSA) is 91.0 Å². The summed E-state index contributed by atoms with van der Waals surface area (Å²) in [5.74, 6) is -0.542. The Labute approximate surface area is 176 Å². The number of ether oxygens (including phenoxy) is 2. The molecule has 1 aliphatic heterocycles. The van der Waals surface area contributed by atoms with Gasteiger partial charge >= 0.3 is 5.97 Å². The summed E-state index contributed by atoms with van der Waals surface area (Å²) in [7, 11) is 0. The summed E-state index contributed by atoms with van der Waals surface area (Å²) in [5, 5.41) is 10.9. The summed E-state index contributed by atoms with van der Waals surface area (Å²) in [5.41, 5.74) is 1.74. The average Bonchev–Trinajstić information content (AvgIpc) is 3.13. The number of hydrogen-bond donors (Lipinski definition) is 0. The van der Waals surface area contributed by atoms with E-state index in [2.05, 4.69) is 4.99 Å². The zero-order valence-corrected chi connectivity index (χ0v) is 16.0. The van der Waals surface area contributed by atoms with Crippen LogP contribution in [0, 0.1) is 15.9 Å². The molecule has 0 atom stereocenters. The van der Waals surface area contributed by atoms with Crippen LogP contribution in [0.25, 0.3) is 6.08 Å². The van der Waals surface area contributed by atoms with E-state index in [1.807, 2.05) is 0 Å². The van der Waals surface area contributed by atoms with E-state index in [0.29, 0.717) is 22.4 Å². The van der Waals surface area contributed by atoms with Gasteiger partial charge < -0.3 is 9.47 Å². The third kappa shape index (κ3) is 4.81. The molecule has 3 aromatic carbocycles. The second kappa shape index (κ2) is 8.58. The van der Waals surface area contributed by atoms with Crippen molar-refractivity contribution in [1.82, 2.24) is 0 Å². The highest BCUT2D eigenvalue weighted by molar-refractivity contribution is 6.12. The van der Waals surface area contributed by atoms with Crippen molar-refractivity contribution in [3.05, 3.63) is 111 Å². The van der Waals surface area contributed by atoms with Gasteiger partial charge in [-0.3, -0.25) is 10.1 Å². The van der Waals surface area contributed by atoms with Crippen LogP contribution in [-0.4, -0.2) is 16.8 Å². The SMILES string of the molecule is O=C1OC(c2cccc(F)c2)=N/C1=C/c1cccc(OCc2cccc([N+](=O)[O-])c2)c1. The Kier molecular flexibility index (Phi) is 5.53. The van der Waals surface area contributed by atoms with Crippen LogP contribution in [-0.2, 0) is 16.1 Å². The number of carbonyl (C=O) groups is 1. The predicted octanol–water partition coefficient (Wildman–Crippen LogP) is 4.66. The summed E-state index contributed by atoms with van der Waals surface area (Å²) in [6.07, 6.45) is 1.54. The lowest BCUT2D eigenvalue weighted by Gasteiger charge is -2.07. The lowest BCUT2D eigenvalue weighted by molar-refractivity contribution is -0.384. The number of non-ortho nitro benzene ring substituents is 1. The molecule has 0 saturated carbocycles. The Hall–Kier alpha value is -4.33. The number of aliphatic imine (C=N–C) groups is 1. The molecule has 1 aliphatic rings. The second-order valence-corrected chi connectivity index (χ2v) is 6.63. The molecule has 0 saturated heterocycles. The van der Waals surface area contributed by atoms with Crippen molar-refractivity contribution in [2.75, 3.05) is 0 Å². The summed E-state index contributed by atoms with van der Waals surface area (Å²) < 4.78 is 24.3. The van der Waals surface area contributed by atoms with E-state index in [4.69, 9.17) is 9.47 Å². The van der Waals surface area contributed by atoms with Crippen molar-refractivity contribution >= 4 is 23.6 Å². The molecule has 0 radical (unpaired) electrons. The molecule has 31 heavy (non-hydrogen) atoms. The van der Waals surface area contributed by atoms with Crippen LogP contribution in [0.15, 0.2) is 83.5 Å². The first-order chi connectivity index (χ1) is 15.0. The summed E-state index contributed by atoms with van der Waals surface area (Å²) in [6, 6.07) is 18.7. The smallest absolute Gasteiger partial charge is 0.363 e. The van der Waals surface area contributed by atoms with Crippen LogP contribution in [0.1, 0.15) is 16.7 Å². The zero-order chi connectivity index (χ0) is 21.8. The number of nitro groups is 1. The van der Waals surface area contributed by atoms with E-state index in [9.17, 15) is 19.3 Å². The van der Waals surface area contributed by atoms with E-state index in [-0.39, 0.29) is 23.9 Å². The van der Waals surface area contributed by atoms with E-state index in [0.717, 1.165) is 0 Å². The minimum atomic E-state index is -0.637. The highest BCUT2D eigenvalue weighted by Gasteiger charge is 2.24. The Bertz CT molecular complexity index is 1240. The first kappa shape index (κ1) is 20.0. The summed E-state index contributed by atoms with van der Waals surface area (Å²) in [4.78, 5) is 26.7. The van der Waals surface area contributed by atoms with Crippen LogP contribution in [0.5, 0.6) is 5.75 Å². The van der Waals surface area contributed by atoms with E-state index >= 15 is 0 Å². The number of nitrogens with zero attached hydrogens (tertiary/aromatic N) is 2. The van der Waals surface area contributed by atoms with Crippen LogP contribution in [0.3, 0.4) is 0 Å². The molecule has 1 heterocycles. The largest absolute Gasteiger partial charge is 0.489 e. The minimum absolute atomic E-state index is 0.00806. The second-order valence-electron chi connectivity index (χ2n) is 6.63. The molecule has 0 bridgehead atoms. The van der Waals surface area contributed by atoms with Crippen LogP contribution in [0.4, 0.5) is 10.1 Å². The van der Waals surface area contributed by atoms with Gasteiger partial charge in [-0.1, -0.05) is 30.3 Å². The van der Waals surface area contributed by atoms with Crippen molar-refractivity contribution in [3.63, 3.8) is 0 Å². The monoisotopic (exact) mass is 418 g/mol. The molecule has 7 nitrogen and oxygen atoms in total. The highest BCUT2D eigenvalue weighted by Crippen LogP contribution is 2.22. The first-order valence-electron chi connectivity index (χ1n) is 9.23. The highest BCUT2D eigenvalue weighted by atomic mass is 19.1. The zero-order valence-electron chi connectivity index (χ0n) is 16.0. The quantitative estimate of drug-likeness (QED) is 0.251. The Morgan fingerprint density at radius 1 is 1.06 bits per heavy atom. The van der Waals surface area contributed by atoms with Crippen molar-refractivity contribution in [3.8, 4) is 5.75 Å². The molecule has 0 aromatic heterocycles. The fourth-order valence-electron chi connectivity index (χ4n) is 2.93. The van der Waals surface area contributed by atoms with Crippen molar-refractivity contribution in [2.24, 2.45) is 4.99 Å². The maximum Gasteiger partial charge on any atom is 0.363 e. The predicted molar refractivity (Wildman–Crippen MR) is 111 cm³/mol. The van der Waals surface area contributed by atoms with Gasteiger partial charge in [-0.25, -0.2) is 14.2 Å². The summed E-state index contributed by atoms with van der Waals surface area (Å²) in [6.45, 7) is 0.144. The Balaban J connectivity index is 1.50. The molecule has 0 spiro atoms. The maximum absolute atomic E-state index is 13.4. The van der Waals surface area contributed by atoms with Gasteiger partial charge in [-0.2, -0.15) is 0 Å². The van der Waals surface area contributed by atoms with Gasteiger partial charge in [-0.05, 0) is 47.5 Å². The minimum Gasteiger partial charge on any atom is -0.489 e. The van der Waals surface area contributed by atoms with Gasteiger partial charge in [0.15, 0.2) is 5.70 Å². The van der Waals surface area contributed by atoms with E-state index in [1.54, 1.807) is 42.5 Å². The fraction of sp³-hybridized carbons (Fsp3) is 0.0435. The third-order valence-corrected chi connectivity index (χ3v) is 4.38. The molecule has 8 heteroatoms. The van der Waals surface area contributed by atoms with E-state index in [1.165, 1.54) is 36.4 Å². The van der Waals surface area contributed by atoms with Crippen LogP contribution < -0.4 is 4.74 Å². The average molecular weight is 418 g/mol. The number of rotatable bonds is 6. The van der Waals surface area contributed by atoms with Crippen molar-refractivity contribution in [2.45, 2.75) is 6.61 Å². The van der Waals surface area contributed by atoms with Crippen LogP contribution >= 0.6 is 0 Å². The number of carbonyl (C=O) groups excluding carboxylic acids is 1. The molecule has 0 unspecified atom stereocenters. The van der Waals surface area contributed by atoms with Gasteiger partial charge in [0, 0.05) is 17.7 Å². The standard InChI is InChI=1S/C23H15FN2O5/c24-18-7-3-6-17(13-18)22-25-21(23(27)31-22)12-15-4-2-9-20(11-15)30-14-16-5-1-8-19(10-16)26(28)29/h1-13H,14H2/b21-12+. The van der Waals surface area contributed by atoms with Gasteiger partial charge in [0.05, 0.1) is 4.92 Å². The van der Waals surface area contributed by atoms with Gasteiger partial charge in [0.2, 0.25) is 5.90 Å². The van der Waals surface area contributed by atoms with Crippen molar-refractivity contribution < 1.29 is 23.6 Å². The number of cyclic esters (lactones) is 1. The lowest BCUT2D eigenvalue weighted by atomic mass is 10.2. The molecular weight excluding hydrogens is 403 g/mol. The van der Waals surface area contributed by atoms with Gasteiger partial charge in [0.1, 0.15) is 18.2 Å². The molecule has 0 fully saturated rings. The Morgan fingerprint density at radius 3 is 2.68 bits per heavy atom. The van der Waals surface area contributed by atoms with E-state index < -0.39 is 16.7 Å². The number of esters is 1. The van der Waals surface area contributed by atoms with Gasteiger partial charge in [0.25, 0.3) is 5.69 Å². The number of nitro benzene ring substituents is 1. The number of hydrogen-bond acceptors (Lipinski definition) is 6. The maximum atomic E-state index is 13.4. The Morgan fingerprint density at radius 2 is 1.87 bits per heavy atom. The van der Waals surface area contributed by atoms with Crippen molar-refractivity contribution in [1.29, 1.82) is 0 Å². The molecule has 0 aliphatic carbocycles. The molecule has 154 valence electrons. The summed E-state index contributed by atoms with van der Waals surface area (Å²) >= 11 is 0. The molecular formula is C23H15FN2O5. The first-order valence-corrected chi connectivity index (χ1v) is 9.23. The molecule has 0 N–H and O–H groups in total. The molecule has 0 amide bonds. The molecule has 4 rings (SSSR count). The number of halogens is 1. The number of benzene rings is 3. The molecule has 3 aromatic rings.